The molecule has 0 aromatic carbocycles. The molecule has 0 aromatic heterocycles. The van der Waals surface area contributed by atoms with Crippen molar-refractivity contribution in [1.29, 1.82) is 0 Å². The number of hydrogen-bond donors (Lipinski definition) is 0. The summed E-state index contributed by atoms with van der Waals surface area (Å²) in [6.07, 6.45) is 2.07. The highest BCUT2D eigenvalue weighted by Crippen LogP contribution is 2.43. The number of ether oxygens (including phenoxy) is 3. The number of hydrogen-bond acceptors (Lipinski definition) is 3. The standard InChI is InChI=1S/C8H13ClO3/c1-10-6-2-8(3-6)11-5-7(4-9)12-8/h6-7H,2-5H2,1H3. The van der Waals surface area contributed by atoms with Crippen molar-refractivity contribution in [1.82, 2.24) is 0 Å². The molecule has 0 aromatic rings. The fraction of sp³-hybridized carbons (Fsp3) is 1.00. The Kier molecular flexibility index (Phi) is 2.29. The molecule has 4 heteroatoms. The number of rotatable bonds is 2. The predicted octanol–water partition coefficient (Wildman–Crippen LogP) is 1.15. The maximum Gasteiger partial charge on any atom is 0.173 e. The summed E-state index contributed by atoms with van der Waals surface area (Å²) in [6.45, 7) is 0.625. The molecule has 1 saturated carbocycles. The Labute approximate surface area is 76.9 Å². The molecule has 0 radical (unpaired) electrons. The summed E-state index contributed by atoms with van der Waals surface area (Å²) in [4.78, 5) is 0. The maximum absolute atomic E-state index is 5.65. The SMILES string of the molecule is COC1CC2(C1)OCC(CCl)O2. The normalized spacial score (nSPS) is 46.5. The highest BCUT2D eigenvalue weighted by atomic mass is 35.5. The van der Waals surface area contributed by atoms with Crippen LogP contribution >= 0.6 is 11.6 Å². The van der Waals surface area contributed by atoms with Crippen LogP contribution in [-0.4, -0.2) is 37.6 Å². The molecule has 2 aliphatic rings. The van der Waals surface area contributed by atoms with Gasteiger partial charge in [0.15, 0.2) is 5.79 Å². The summed E-state index contributed by atoms with van der Waals surface area (Å²) in [6, 6.07) is 0. The van der Waals surface area contributed by atoms with E-state index < -0.39 is 0 Å². The van der Waals surface area contributed by atoms with E-state index in [1.54, 1.807) is 7.11 Å². The minimum atomic E-state index is -0.347. The van der Waals surface area contributed by atoms with Crippen molar-refractivity contribution in [3.05, 3.63) is 0 Å². The van der Waals surface area contributed by atoms with Gasteiger partial charge in [0.05, 0.1) is 24.7 Å². The molecule has 1 heterocycles. The molecule has 2 fully saturated rings. The highest BCUT2D eigenvalue weighted by molar-refractivity contribution is 6.18. The van der Waals surface area contributed by atoms with Gasteiger partial charge in [0, 0.05) is 20.0 Å². The van der Waals surface area contributed by atoms with Gasteiger partial charge in [0.2, 0.25) is 0 Å². The van der Waals surface area contributed by atoms with E-state index in [0.29, 0.717) is 18.6 Å². The van der Waals surface area contributed by atoms with Crippen LogP contribution in [0.15, 0.2) is 0 Å². The van der Waals surface area contributed by atoms with Crippen molar-refractivity contribution in [2.24, 2.45) is 0 Å². The van der Waals surface area contributed by atoms with Gasteiger partial charge in [0.1, 0.15) is 0 Å². The van der Waals surface area contributed by atoms with Crippen molar-refractivity contribution in [3.63, 3.8) is 0 Å². The van der Waals surface area contributed by atoms with E-state index in [9.17, 15) is 0 Å². The first-order valence-corrected chi connectivity index (χ1v) is 4.72. The van der Waals surface area contributed by atoms with E-state index in [2.05, 4.69) is 0 Å². The fourth-order valence-corrected chi connectivity index (χ4v) is 1.86. The Morgan fingerprint density at radius 1 is 1.58 bits per heavy atom. The average Bonchev–Trinajstić information content (AvgIpc) is 2.45. The zero-order chi connectivity index (χ0) is 8.60. The predicted molar refractivity (Wildman–Crippen MR) is 44.3 cm³/mol. The van der Waals surface area contributed by atoms with Crippen molar-refractivity contribution < 1.29 is 14.2 Å². The summed E-state index contributed by atoms with van der Waals surface area (Å²) in [5, 5.41) is 0. The van der Waals surface area contributed by atoms with Crippen molar-refractivity contribution in [3.8, 4) is 0 Å². The number of alkyl halides is 1. The molecular formula is C8H13ClO3. The van der Waals surface area contributed by atoms with Crippen LogP contribution < -0.4 is 0 Å². The lowest BCUT2D eigenvalue weighted by atomic mass is 9.88. The maximum atomic E-state index is 5.65. The monoisotopic (exact) mass is 192 g/mol. The second-order valence-electron chi connectivity index (χ2n) is 3.38. The Balaban J connectivity index is 1.84. The molecule has 0 bridgehead atoms. The molecule has 1 unspecified atom stereocenters. The van der Waals surface area contributed by atoms with Crippen molar-refractivity contribution in [2.45, 2.75) is 30.8 Å². The molecule has 1 saturated heterocycles. The third-order valence-electron chi connectivity index (χ3n) is 2.50. The highest BCUT2D eigenvalue weighted by Gasteiger charge is 2.52. The lowest BCUT2D eigenvalue weighted by molar-refractivity contribution is -0.256. The van der Waals surface area contributed by atoms with Crippen LogP contribution in [0.5, 0.6) is 0 Å². The first kappa shape index (κ1) is 8.75. The second kappa shape index (κ2) is 3.14. The zero-order valence-corrected chi connectivity index (χ0v) is 7.84. The molecule has 0 N–H and O–H groups in total. The van der Waals surface area contributed by atoms with Crippen LogP contribution in [0.1, 0.15) is 12.8 Å². The van der Waals surface area contributed by atoms with Gasteiger partial charge in [-0.1, -0.05) is 0 Å². The fourth-order valence-electron chi connectivity index (χ4n) is 1.71. The average molecular weight is 193 g/mol. The van der Waals surface area contributed by atoms with Crippen LogP contribution in [0.25, 0.3) is 0 Å². The van der Waals surface area contributed by atoms with E-state index in [-0.39, 0.29) is 11.9 Å². The third kappa shape index (κ3) is 1.35. The van der Waals surface area contributed by atoms with Crippen molar-refractivity contribution >= 4 is 11.6 Å². The molecule has 2 rings (SSSR count). The summed E-state index contributed by atoms with van der Waals surface area (Å²) in [5.74, 6) is 0.166. The van der Waals surface area contributed by atoms with E-state index in [1.165, 1.54) is 0 Å². The van der Waals surface area contributed by atoms with Gasteiger partial charge < -0.3 is 14.2 Å². The van der Waals surface area contributed by atoms with Crippen LogP contribution in [0, 0.1) is 0 Å². The van der Waals surface area contributed by atoms with E-state index in [4.69, 9.17) is 25.8 Å². The quantitative estimate of drug-likeness (QED) is 0.615. The smallest absolute Gasteiger partial charge is 0.173 e. The topological polar surface area (TPSA) is 27.7 Å². The molecular weight excluding hydrogens is 180 g/mol. The largest absolute Gasteiger partial charge is 0.381 e. The Bertz CT molecular complexity index is 168. The molecule has 3 nitrogen and oxygen atoms in total. The van der Waals surface area contributed by atoms with Crippen molar-refractivity contribution in [2.75, 3.05) is 19.6 Å². The van der Waals surface area contributed by atoms with E-state index in [0.717, 1.165) is 12.8 Å². The van der Waals surface area contributed by atoms with E-state index in [1.807, 2.05) is 0 Å². The summed E-state index contributed by atoms with van der Waals surface area (Å²) in [5.41, 5.74) is 0. The first-order chi connectivity index (χ1) is 5.78. The minimum Gasteiger partial charge on any atom is -0.381 e. The molecule has 12 heavy (non-hydrogen) atoms. The van der Waals surface area contributed by atoms with Gasteiger partial charge in [-0.2, -0.15) is 0 Å². The molecule has 0 amide bonds. The van der Waals surface area contributed by atoms with Gasteiger partial charge in [-0.3, -0.25) is 0 Å². The van der Waals surface area contributed by atoms with Crippen LogP contribution in [0.4, 0.5) is 0 Å². The zero-order valence-electron chi connectivity index (χ0n) is 7.09. The summed E-state index contributed by atoms with van der Waals surface area (Å²) >= 11 is 5.65. The second-order valence-corrected chi connectivity index (χ2v) is 3.69. The number of methoxy groups -OCH3 is 1. The van der Waals surface area contributed by atoms with Gasteiger partial charge in [0.25, 0.3) is 0 Å². The van der Waals surface area contributed by atoms with Gasteiger partial charge in [-0.25, -0.2) is 0 Å². The number of halogens is 1. The lowest BCUT2D eigenvalue weighted by Gasteiger charge is -2.42. The Morgan fingerprint density at radius 2 is 2.33 bits per heavy atom. The third-order valence-corrected chi connectivity index (χ3v) is 2.84. The molecule has 1 aliphatic carbocycles. The van der Waals surface area contributed by atoms with Crippen LogP contribution in [0.3, 0.4) is 0 Å². The summed E-state index contributed by atoms with van der Waals surface area (Å²) in [7, 11) is 1.71. The van der Waals surface area contributed by atoms with Gasteiger partial charge >= 0.3 is 0 Å². The Hall–Kier alpha value is 0.170. The molecule has 1 spiro atoms. The van der Waals surface area contributed by atoms with Gasteiger partial charge in [-0.15, -0.1) is 11.6 Å². The molecule has 70 valence electrons. The van der Waals surface area contributed by atoms with Crippen LogP contribution in [-0.2, 0) is 14.2 Å². The Morgan fingerprint density at radius 3 is 2.83 bits per heavy atom. The van der Waals surface area contributed by atoms with Crippen LogP contribution in [0.2, 0.25) is 0 Å². The molecule has 1 aliphatic heterocycles. The molecule has 1 atom stereocenters. The minimum absolute atomic E-state index is 0.0736. The lowest BCUT2D eigenvalue weighted by Crippen LogP contribution is -2.49. The van der Waals surface area contributed by atoms with E-state index >= 15 is 0 Å². The van der Waals surface area contributed by atoms with Gasteiger partial charge in [-0.05, 0) is 0 Å². The first-order valence-electron chi connectivity index (χ1n) is 4.18. The summed E-state index contributed by atoms with van der Waals surface area (Å²) < 4.78 is 16.3.